The summed E-state index contributed by atoms with van der Waals surface area (Å²) < 4.78 is 5.40. The highest BCUT2D eigenvalue weighted by Gasteiger charge is 1.98. The molecule has 0 rings (SSSR count). The van der Waals surface area contributed by atoms with E-state index in [-0.39, 0.29) is 6.03 Å². The summed E-state index contributed by atoms with van der Waals surface area (Å²) >= 11 is 0. The maximum absolute atomic E-state index is 11.2. The average molecular weight is 230 g/mol. The molecule has 0 unspecified atom stereocenters. The Morgan fingerprint density at radius 2 is 1.75 bits per heavy atom. The van der Waals surface area contributed by atoms with Gasteiger partial charge >= 0.3 is 6.03 Å². The molecule has 4 nitrogen and oxygen atoms in total. The summed E-state index contributed by atoms with van der Waals surface area (Å²) in [7, 11) is 0. The molecule has 0 aliphatic carbocycles. The van der Waals surface area contributed by atoms with Gasteiger partial charge in [0.15, 0.2) is 0 Å². The molecule has 0 saturated heterocycles. The topological polar surface area (TPSA) is 50.4 Å². The van der Waals surface area contributed by atoms with E-state index in [1.165, 1.54) is 0 Å². The second kappa shape index (κ2) is 10.7. The predicted molar refractivity (Wildman–Crippen MR) is 66.6 cm³/mol. The van der Waals surface area contributed by atoms with Gasteiger partial charge in [-0.1, -0.05) is 13.3 Å². The summed E-state index contributed by atoms with van der Waals surface area (Å²) in [5, 5.41) is 5.64. The van der Waals surface area contributed by atoms with Crippen LogP contribution in [0.15, 0.2) is 0 Å². The monoisotopic (exact) mass is 230 g/mol. The first-order valence-corrected chi connectivity index (χ1v) is 6.30. The fourth-order valence-electron chi connectivity index (χ4n) is 1.19. The molecule has 0 spiro atoms. The Morgan fingerprint density at radius 1 is 1.12 bits per heavy atom. The lowest BCUT2D eigenvalue weighted by molar-refractivity contribution is 0.0761. The second-order valence-corrected chi connectivity index (χ2v) is 4.16. The van der Waals surface area contributed by atoms with E-state index in [4.69, 9.17) is 4.74 Å². The highest BCUT2D eigenvalue weighted by atomic mass is 16.5. The third kappa shape index (κ3) is 11.3. The summed E-state index contributed by atoms with van der Waals surface area (Å²) in [5.74, 6) is 0. The molecule has 0 saturated carbocycles. The van der Waals surface area contributed by atoms with Gasteiger partial charge in [-0.2, -0.15) is 0 Å². The van der Waals surface area contributed by atoms with E-state index in [0.717, 1.165) is 45.4 Å². The van der Waals surface area contributed by atoms with Gasteiger partial charge in [0.1, 0.15) is 0 Å². The molecule has 0 radical (unpaired) electrons. The zero-order chi connectivity index (χ0) is 12.2. The molecule has 0 aliphatic heterocycles. The van der Waals surface area contributed by atoms with Crippen molar-refractivity contribution in [3.63, 3.8) is 0 Å². The molecule has 0 atom stereocenters. The fourth-order valence-corrected chi connectivity index (χ4v) is 1.19. The van der Waals surface area contributed by atoms with Gasteiger partial charge in [-0.25, -0.2) is 4.79 Å². The van der Waals surface area contributed by atoms with Crippen LogP contribution < -0.4 is 10.6 Å². The van der Waals surface area contributed by atoms with Crippen LogP contribution in [0.5, 0.6) is 0 Å². The van der Waals surface area contributed by atoms with Crippen molar-refractivity contribution in [2.75, 3.05) is 19.7 Å². The maximum Gasteiger partial charge on any atom is 0.314 e. The highest BCUT2D eigenvalue weighted by Crippen LogP contribution is 1.93. The van der Waals surface area contributed by atoms with Crippen molar-refractivity contribution < 1.29 is 9.53 Å². The van der Waals surface area contributed by atoms with Gasteiger partial charge in [-0.15, -0.1) is 0 Å². The normalized spacial score (nSPS) is 10.5. The molecule has 16 heavy (non-hydrogen) atoms. The molecule has 0 fully saturated rings. The molecular formula is C12H26N2O2. The summed E-state index contributed by atoms with van der Waals surface area (Å²) in [6.07, 6.45) is 4.40. The molecule has 0 heterocycles. The minimum Gasteiger partial charge on any atom is -0.379 e. The Hall–Kier alpha value is -0.770. The van der Waals surface area contributed by atoms with Crippen LogP contribution in [0.2, 0.25) is 0 Å². The van der Waals surface area contributed by atoms with E-state index in [1.54, 1.807) is 0 Å². The van der Waals surface area contributed by atoms with Crippen LogP contribution in [0.1, 0.15) is 46.5 Å². The van der Waals surface area contributed by atoms with Gasteiger partial charge < -0.3 is 15.4 Å². The Morgan fingerprint density at radius 3 is 2.31 bits per heavy atom. The summed E-state index contributed by atoms with van der Waals surface area (Å²) in [6.45, 7) is 8.42. The van der Waals surface area contributed by atoms with Gasteiger partial charge in [0.05, 0.1) is 6.10 Å². The molecule has 0 aliphatic rings. The van der Waals surface area contributed by atoms with Crippen molar-refractivity contribution in [2.45, 2.75) is 52.6 Å². The van der Waals surface area contributed by atoms with E-state index in [1.807, 2.05) is 13.8 Å². The smallest absolute Gasteiger partial charge is 0.314 e. The van der Waals surface area contributed by atoms with Crippen molar-refractivity contribution >= 4 is 6.03 Å². The van der Waals surface area contributed by atoms with Gasteiger partial charge in [-0.3, -0.25) is 0 Å². The molecule has 0 aromatic heterocycles. The largest absolute Gasteiger partial charge is 0.379 e. The molecular weight excluding hydrogens is 204 g/mol. The van der Waals surface area contributed by atoms with Gasteiger partial charge in [-0.05, 0) is 33.1 Å². The Bertz CT molecular complexity index is 172. The Labute approximate surface area is 99.1 Å². The zero-order valence-electron chi connectivity index (χ0n) is 10.8. The summed E-state index contributed by atoms with van der Waals surface area (Å²) in [5.41, 5.74) is 0. The quantitative estimate of drug-likeness (QED) is 0.597. The van der Waals surface area contributed by atoms with Crippen LogP contribution in [0.3, 0.4) is 0 Å². The summed E-state index contributed by atoms with van der Waals surface area (Å²) in [6, 6.07) is -0.0572. The van der Waals surface area contributed by atoms with Crippen LogP contribution in [0.4, 0.5) is 4.79 Å². The third-order valence-corrected chi connectivity index (χ3v) is 2.12. The number of amides is 2. The number of carbonyl (C=O) groups is 1. The SMILES string of the molecule is CCCCNC(=O)NCCCCOC(C)C. The molecule has 2 N–H and O–H groups in total. The first kappa shape index (κ1) is 15.2. The molecule has 0 aromatic rings. The van der Waals surface area contributed by atoms with E-state index in [0.29, 0.717) is 6.10 Å². The number of carbonyl (C=O) groups excluding carboxylic acids is 1. The van der Waals surface area contributed by atoms with Crippen LogP contribution in [-0.2, 0) is 4.74 Å². The van der Waals surface area contributed by atoms with Crippen molar-refractivity contribution in [1.82, 2.24) is 10.6 Å². The molecule has 96 valence electrons. The third-order valence-electron chi connectivity index (χ3n) is 2.12. The van der Waals surface area contributed by atoms with Crippen molar-refractivity contribution in [3.8, 4) is 0 Å². The lowest BCUT2D eigenvalue weighted by Crippen LogP contribution is -2.36. The van der Waals surface area contributed by atoms with Gasteiger partial charge in [0.2, 0.25) is 0 Å². The molecule has 0 bridgehead atoms. The molecule has 2 amide bonds. The first-order valence-electron chi connectivity index (χ1n) is 6.30. The minimum atomic E-state index is -0.0572. The minimum absolute atomic E-state index is 0.0572. The number of nitrogens with one attached hydrogen (secondary N) is 2. The number of hydrogen-bond acceptors (Lipinski definition) is 2. The van der Waals surface area contributed by atoms with Crippen LogP contribution in [-0.4, -0.2) is 31.8 Å². The zero-order valence-corrected chi connectivity index (χ0v) is 10.8. The lowest BCUT2D eigenvalue weighted by Gasteiger charge is -2.08. The number of hydrogen-bond donors (Lipinski definition) is 2. The van der Waals surface area contributed by atoms with Crippen molar-refractivity contribution in [2.24, 2.45) is 0 Å². The standard InChI is InChI=1S/C12H26N2O2/c1-4-5-8-13-12(15)14-9-6-7-10-16-11(2)3/h11H,4-10H2,1-3H3,(H2,13,14,15). The van der Waals surface area contributed by atoms with Gasteiger partial charge in [0.25, 0.3) is 0 Å². The number of unbranched alkanes of at least 4 members (excludes halogenated alkanes) is 2. The number of ether oxygens (including phenoxy) is 1. The van der Waals surface area contributed by atoms with Crippen LogP contribution in [0.25, 0.3) is 0 Å². The molecule has 4 heteroatoms. The second-order valence-electron chi connectivity index (χ2n) is 4.16. The summed E-state index contributed by atoms with van der Waals surface area (Å²) in [4.78, 5) is 11.2. The van der Waals surface area contributed by atoms with Crippen LogP contribution >= 0.6 is 0 Å². The van der Waals surface area contributed by atoms with E-state index < -0.39 is 0 Å². The maximum atomic E-state index is 11.2. The Kier molecular flexibility index (Phi) is 10.2. The van der Waals surface area contributed by atoms with E-state index in [9.17, 15) is 4.79 Å². The highest BCUT2D eigenvalue weighted by molar-refractivity contribution is 5.73. The first-order chi connectivity index (χ1) is 7.66. The number of urea groups is 1. The predicted octanol–water partition coefficient (Wildman–Crippen LogP) is 2.29. The van der Waals surface area contributed by atoms with E-state index in [2.05, 4.69) is 17.6 Å². The van der Waals surface area contributed by atoms with Crippen molar-refractivity contribution in [3.05, 3.63) is 0 Å². The average Bonchev–Trinajstić information content (AvgIpc) is 2.23. The van der Waals surface area contributed by atoms with Crippen LogP contribution in [0, 0.1) is 0 Å². The lowest BCUT2D eigenvalue weighted by atomic mass is 10.3. The number of rotatable bonds is 9. The molecule has 0 aromatic carbocycles. The van der Waals surface area contributed by atoms with Crippen molar-refractivity contribution in [1.29, 1.82) is 0 Å². The Balaban J connectivity index is 3.15. The van der Waals surface area contributed by atoms with E-state index >= 15 is 0 Å². The van der Waals surface area contributed by atoms with Gasteiger partial charge in [0, 0.05) is 19.7 Å². The fraction of sp³-hybridized carbons (Fsp3) is 0.917.